The maximum absolute atomic E-state index is 12.2. The number of benzene rings is 1. The highest BCUT2D eigenvalue weighted by Gasteiger charge is 2.19. The highest BCUT2D eigenvalue weighted by molar-refractivity contribution is 7.09. The Kier molecular flexibility index (Phi) is 6.63. The first-order chi connectivity index (χ1) is 11.7. The number of carbonyl (C=O) groups is 1. The number of hydrogen-bond acceptors (Lipinski definition) is 7. The molecule has 1 amide bonds. The van der Waals surface area contributed by atoms with Gasteiger partial charge in [0.05, 0.1) is 0 Å². The zero-order chi connectivity index (χ0) is 16.9. The smallest absolute Gasteiger partial charge is 0.271 e. The van der Waals surface area contributed by atoms with Crippen molar-refractivity contribution in [2.24, 2.45) is 5.73 Å². The van der Waals surface area contributed by atoms with Crippen LogP contribution in [0.4, 0.5) is 0 Å². The van der Waals surface area contributed by atoms with Crippen molar-refractivity contribution in [1.82, 2.24) is 20.4 Å². The molecule has 1 aromatic carbocycles. The summed E-state index contributed by atoms with van der Waals surface area (Å²) in [6.07, 6.45) is 0.580. The fourth-order valence-corrected chi connectivity index (χ4v) is 2.79. The van der Waals surface area contributed by atoms with Crippen molar-refractivity contribution in [3.05, 3.63) is 63.7 Å². The van der Waals surface area contributed by atoms with Gasteiger partial charge in [-0.05, 0) is 12.5 Å². The predicted molar refractivity (Wildman–Crippen MR) is 96.7 cm³/mol. The molecule has 7 nitrogen and oxygen atoms in total. The predicted octanol–water partition coefficient (Wildman–Crippen LogP) is 2.49. The van der Waals surface area contributed by atoms with Crippen LogP contribution in [-0.4, -0.2) is 21.0 Å². The van der Waals surface area contributed by atoms with E-state index < -0.39 is 6.04 Å². The second-order valence-corrected chi connectivity index (χ2v) is 6.18. The van der Waals surface area contributed by atoms with Gasteiger partial charge in [-0.1, -0.05) is 35.5 Å². The number of carbonyl (C=O) groups excluding carboxylic acids is 1. The summed E-state index contributed by atoms with van der Waals surface area (Å²) >= 11 is 1.36. The van der Waals surface area contributed by atoms with E-state index >= 15 is 0 Å². The maximum atomic E-state index is 12.2. The molecule has 132 valence electrons. The molecule has 0 bridgehead atoms. The molecule has 3 rings (SSSR count). The molecule has 1 unspecified atom stereocenters. The third kappa shape index (κ3) is 4.85. The molecule has 0 aliphatic heterocycles. The number of aromatic nitrogens is 3. The summed E-state index contributed by atoms with van der Waals surface area (Å²) in [5.41, 5.74) is 6.94. The van der Waals surface area contributed by atoms with Crippen LogP contribution in [0.2, 0.25) is 0 Å². The van der Waals surface area contributed by atoms with E-state index in [9.17, 15) is 4.79 Å². The van der Waals surface area contributed by atoms with Crippen LogP contribution >= 0.6 is 23.7 Å². The summed E-state index contributed by atoms with van der Waals surface area (Å²) in [6, 6.07) is 9.47. The van der Waals surface area contributed by atoms with E-state index in [-0.39, 0.29) is 18.3 Å². The van der Waals surface area contributed by atoms with Crippen molar-refractivity contribution in [3.8, 4) is 0 Å². The lowest BCUT2D eigenvalue weighted by atomic mass is 10.1. The summed E-state index contributed by atoms with van der Waals surface area (Å²) in [6.45, 7) is 2.11. The third-order valence-electron chi connectivity index (χ3n) is 3.37. The van der Waals surface area contributed by atoms with Crippen molar-refractivity contribution in [3.63, 3.8) is 0 Å². The molecule has 3 aromatic rings. The largest absolute Gasteiger partial charge is 0.339 e. The van der Waals surface area contributed by atoms with Crippen LogP contribution < -0.4 is 11.1 Å². The Bertz CT molecular complexity index is 821. The minimum absolute atomic E-state index is 0. The normalized spacial score (nSPS) is 11.6. The van der Waals surface area contributed by atoms with Crippen molar-refractivity contribution in [2.45, 2.75) is 25.9 Å². The summed E-state index contributed by atoms with van der Waals surface area (Å²) in [4.78, 5) is 20.7. The summed E-state index contributed by atoms with van der Waals surface area (Å²) < 4.78 is 5.25. The Morgan fingerprint density at radius 2 is 2.08 bits per heavy atom. The van der Waals surface area contributed by atoms with Gasteiger partial charge < -0.3 is 15.6 Å². The molecule has 2 heterocycles. The van der Waals surface area contributed by atoms with Gasteiger partial charge in [-0.25, -0.2) is 4.98 Å². The molecular weight excluding hydrogens is 362 g/mol. The van der Waals surface area contributed by atoms with Crippen LogP contribution in [0.25, 0.3) is 0 Å². The first-order valence-electron chi connectivity index (χ1n) is 7.47. The average Bonchev–Trinajstić information content (AvgIpc) is 3.25. The number of nitrogens with zero attached hydrogens (tertiary/aromatic N) is 3. The van der Waals surface area contributed by atoms with Gasteiger partial charge in [0.1, 0.15) is 16.7 Å². The fourth-order valence-electron chi connectivity index (χ4n) is 2.13. The van der Waals surface area contributed by atoms with Gasteiger partial charge in [0.15, 0.2) is 5.82 Å². The number of amides is 1. The average molecular weight is 380 g/mol. The SMILES string of the molecule is CC(NC(=O)c1csc(CN)n1)c1nc(Cc2ccccc2)no1.Cl. The van der Waals surface area contributed by atoms with Crippen LogP contribution in [0.15, 0.2) is 40.2 Å². The van der Waals surface area contributed by atoms with E-state index in [1.165, 1.54) is 11.3 Å². The number of nitrogens with one attached hydrogen (secondary N) is 1. The number of rotatable bonds is 6. The Balaban J connectivity index is 0.00000225. The topological polar surface area (TPSA) is 107 Å². The van der Waals surface area contributed by atoms with Crippen molar-refractivity contribution in [1.29, 1.82) is 0 Å². The van der Waals surface area contributed by atoms with E-state index in [0.29, 0.717) is 30.4 Å². The molecular formula is C16H18ClN5O2S. The standard InChI is InChI=1S/C16H17N5O2S.ClH/c1-10(18-15(22)12-9-24-14(8-17)19-12)16-20-13(21-23-16)7-11-5-3-2-4-6-11;/h2-6,9-10H,7-8,17H2,1H3,(H,18,22);1H. The number of halogens is 1. The third-order valence-corrected chi connectivity index (χ3v) is 4.24. The van der Waals surface area contributed by atoms with Gasteiger partial charge in [-0.3, -0.25) is 4.79 Å². The first kappa shape index (κ1) is 19.0. The molecule has 0 aliphatic carbocycles. The van der Waals surface area contributed by atoms with Crippen LogP contribution in [0.1, 0.15) is 45.7 Å². The van der Waals surface area contributed by atoms with E-state index in [1.54, 1.807) is 12.3 Å². The van der Waals surface area contributed by atoms with Crippen molar-refractivity contribution in [2.75, 3.05) is 0 Å². The highest BCUT2D eigenvalue weighted by Crippen LogP contribution is 2.14. The van der Waals surface area contributed by atoms with E-state index in [1.807, 2.05) is 30.3 Å². The Hall–Kier alpha value is -2.29. The quantitative estimate of drug-likeness (QED) is 0.681. The van der Waals surface area contributed by atoms with Gasteiger partial charge in [0.25, 0.3) is 5.91 Å². The maximum Gasteiger partial charge on any atom is 0.271 e. The molecule has 2 aromatic heterocycles. The highest BCUT2D eigenvalue weighted by atomic mass is 35.5. The van der Waals surface area contributed by atoms with Gasteiger partial charge in [0.2, 0.25) is 5.89 Å². The Labute approximate surface area is 155 Å². The molecule has 0 aliphatic rings. The number of nitrogens with two attached hydrogens (primary N) is 1. The second kappa shape index (κ2) is 8.70. The molecule has 0 spiro atoms. The zero-order valence-corrected chi connectivity index (χ0v) is 15.1. The molecule has 0 fully saturated rings. The monoisotopic (exact) mass is 379 g/mol. The zero-order valence-electron chi connectivity index (χ0n) is 13.5. The lowest BCUT2D eigenvalue weighted by molar-refractivity contribution is 0.0928. The molecule has 1 atom stereocenters. The van der Waals surface area contributed by atoms with Gasteiger partial charge in [-0.15, -0.1) is 23.7 Å². The van der Waals surface area contributed by atoms with Crippen LogP contribution in [0.5, 0.6) is 0 Å². The van der Waals surface area contributed by atoms with Crippen molar-refractivity contribution >= 4 is 29.7 Å². The van der Waals surface area contributed by atoms with Crippen molar-refractivity contribution < 1.29 is 9.32 Å². The summed E-state index contributed by atoms with van der Waals surface area (Å²) in [7, 11) is 0. The molecule has 3 N–H and O–H groups in total. The van der Waals surface area contributed by atoms with E-state index in [4.69, 9.17) is 10.3 Å². The summed E-state index contributed by atoms with van der Waals surface area (Å²) in [5.74, 6) is 0.654. The first-order valence-corrected chi connectivity index (χ1v) is 8.35. The van der Waals surface area contributed by atoms with Crippen LogP contribution in [-0.2, 0) is 13.0 Å². The lowest BCUT2D eigenvalue weighted by Crippen LogP contribution is -2.27. The van der Waals surface area contributed by atoms with E-state index in [2.05, 4.69) is 20.4 Å². The Morgan fingerprint density at radius 3 is 2.76 bits per heavy atom. The fraction of sp³-hybridized carbons (Fsp3) is 0.250. The number of hydrogen-bond donors (Lipinski definition) is 2. The van der Waals surface area contributed by atoms with Crippen LogP contribution in [0, 0.1) is 0 Å². The lowest BCUT2D eigenvalue weighted by Gasteiger charge is -2.07. The molecule has 0 saturated carbocycles. The van der Waals surface area contributed by atoms with Gasteiger partial charge in [-0.2, -0.15) is 4.98 Å². The molecule has 0 saturated heterocycles. The Morgan fingerprint density at radius 1 is 1.32 bits per heavy atom. The molecule has 9 heteroatoms. The van der Waals surface area contributed by atoms with Gasteiger partial charge >= 0.3 is 0 Å². The summed E-state index contributed by atoms with van der Waals surface area (Å²) in [5, 5.41) is 9.16. The minimum atomic E-state index is -0.405. The molecule has 25 heavy (non-hydrogen) atoms. The van der Waals surface area contributed by atoms with Gasteiger partial charge in [0, 0.05) is 18.3 Å². The second-order valence-electron chi connectivity index (χ2n) is 5.24. The van der Waals surface area contributed by atoms with Crippen LogP contribution in [0.3, 0.4) is 0 Å². The number of thiazole rings is 1. The van der Waals surface area contributed by atoms with E-state index in [0.717, 1.165) is 10.6 Å². The molecule has 0 radical (unpaired) electrons. The minimum Gasteiger partial charge on any atom is -0.339 e.